The predicted octanol–water partition coefficient (Wildman–Crippen LogP) is 3.23. The van der Waals surface area contributed by atoms with Crippen molar-refractivity contribution in [1.29, 1.82) is 0 Å². The summed E-state index contributed by atoms with van der Waals surface area (Å²) in [6, 6.07) is 14.5. The molecule has 0 fully saturated rings. The molecule has 0 saturated heterocycles. The Balaban J connectivity index is 0.00000312. The van der Waals surface area contributed by atoms with E-state index in [1.54, 1.807) is 12.1 Å². The number of aliphatic hydroxyl groups excluding tert-OH is 1. The molecule has 0 aliphatic carbocycles. The van der Waals surface area contributed by atoms with Gasteiger partial charge in [0.2, 0.25) is 0 Å². The first-order valence-electron chi connectivity index (χ1n) is 8.17. The minimum atomic E-state index is -0.182. The highest BCUT2D eigenvalue weighted by Crippen LogP contribution is 2.10. The molecule has 0 bridgehead atoms. The van der Waals surface area contributed by atoms with Crippen LogP contribution in [0, 0.1) is 5.82 Å². The third-order valence-electron chi connectivity index (χ3n) is 3.69. The molecule has 0 saturated carbocycles. The Morgan fingerprint density at radius 3 is 2.28 bits per heavy atom. The monoisotopic (exact) mass is 457 g/mol. The molecule has 4 nitrogen and oxygen atoms in total. The zero-order valence-electron chi connectivity index (χ0n) is 14.3. The first-order chi connectivity index (χ1) is 11.7. The van der Waals surface area contributed by atoms with Crippen molar-refractivity contribution in [3.63, 3.8) is 0 Å². The summed E-state index contributed by atoms with van der Waals surface area (Å²) in [5.41, 5.74) is 2.56. The normalized spacial score (nSPS) is 10.9. The van der Waals surface area contributed by atoms with Gasteiger partial charge >= 0.3 is 0 Å². The molecule has 2 aromatic rings. The second-order valence-corrected chi connectivity index (χ2v) is 5.39. The van der Waals surface area contributed by atoms with Gasteiger partial charge in [-0.25, -0.2) is 9.38 Å². The maximum Gasteiger partial charge on any atom is 0.191 e. The third-order valence-corrected chi connectivity index (χ3v) is 3.69. The van der Waals surface area contributed by atoms with Gasteiger partial charge in [-0.3, -0.25) is 0 Å². The molecule has 136 valence electrons. The van der Waals surface area contributed by atoms with E-state index in [9.17, 15) is 9.50 Å². The van der Waals surface area contributed by atoms with E-state index < -0.39 is 0 Å². The number of benzene rings is 2. The molecule has 0 atom stereocenters. The van der Waals surface area contributed by atoms with Gasteiger partial charge in [0.1, 0.15) is 5.82 Å². The van der Waals surface area contributed by atoms with E-state index in [2.05, 4.69) is 15.6 Å². The van der Waals surface area contributed by atoms with E-state index in [4.69, 9.17) is 0 Å². The van der Waals surface area contributed by atoms with E-state index in [0.717, 1.165) is 17.7 Å². The maximum atomic E-state index is 13.6. The fourth-order valence-electron chi connectivity index (χ4n) is 2.39. The third kappa shape index (κ3) is 6.99. The van der Waals surface area contributed by atoms with Crippen molar-refractivity contribution in [3.8, 4) is 0 Å². The van der Waals surface area contributed by atoms with Crippen LogP contribution in [0.2, 0.25) is 0 Å². The van der Waals surface area contributed by atoms with Gasteiger partial charge in [-0.2, -0.15) is 0 Å². The maximum absolute atomic E-state index is 13.6. The Morgan fingerprint density at radius 2 is 1.64 bits per heavy atom. The summed E-state index contributed by atoms with van der Waals surface area (Å²) in [4.78, 5) is 4.54. The van der Waals surface area contributed by atoms with Gasteiger partial charge in [0.15, 0.2) is 5.96 Å². The number of rotatable bonds is 7. The number of aliphatic hydroxyl groups is 1. The average Bonchev–Trinajstić information content (AvgIpc) is 2.61. The van der Waals surface area contributed by atoms with Gasteiger partial charge in [0.25, 0.3) is 0 Å². The Kier molecular flexibility index (Phi) is 10.1. The van der Waals surface area contributed by atoms with Crippen LogP contribution in [0.15, 0.2) is 53.5 Å². The predicted molar refractivity (Wildman–Crippen MR) is 111 cm³/mol. The molecule has 6 heteroatoms. The summed E-state index contributed by atoms with van der Waals surface area (Å²) in [6.45, 7) is 3.81. The first kappa shape index (κ1) is 21.4. The lowest BCUT2D eigenvalue weighted by atomic mass is 10.1. The molecule has 0 unspecified atom stereocenters. The number of guanidine groups is 1. The Morgan fingerprint density at radius 1 is 1.00 bits per heavy atom. The van der Waals surface area contributed by atoms with Gasteiger partial charge in [-0.15, -0.1) is 24.0 Å². The van der Waals surface area contributed by atoms with E-state index >= 15 is 0 Å². The molecule has 0 aliphatic heterocycles. The van der Waals surface area contributed by atoms with Crippen LogP contribution in [0.1, 0.15) is 23.6 Å². The highest BCUT2D eigenvalue weighted by Gasteiger charge is 2.03. The summed E-state index contributed by atoms with van der Waals surface area (Å²) in [7, 11) is 0. The molecule has 25 heavy (non-hydrogen) atoms. The lowest BCUT2D eigenvalue weighted by molar-refractivity contribution is 0.280. The Bertz CT molecular complexity index is 679. The van der Waals surface area contributed by atoms with E-state index in [1.807, 2.05) is 37.3 Å². The van der Waals surface area contributed by atoms with Crippen molar-refractivity contribution in [2.24, 2.45) is 4.99 Å². The number of nitrogens with one attached hydrogen (secondary N) is 2. The molecule has 0 heterocycles. The van der Waals surface area contributed by atoms with E-state index in [0.29, 0.717) is 31.0 Å². The number of hydrogen-bond donors (Lipinski definition) is 3. The Labute approximate surface area is 165 Å². The van der Waals surface area contributed by atoms with Crippen molar-refractivity contribution in [2.75, 3.05) is 13.1 Å². The van der Waals surface area contributed by atoms with Crippen LogP contribution < -0.4 is 10.6 Å². The average molecular weight is 457 g/mol. The fourth-order valence-corrected chi connectivity index (χ4v) is 2.39. The van der Waals surface area contributed by atoms with Gasteiger partial charge in [0, 0.05) is 13.1 Å². The minimum absolute atomic E-state index is 0. The molecule has 0 aromatic heterocycles. The van der Waals surface area contributed by atoms with Crippen LogP contribution in [0.25, 0.3) is 0 Å². The van der Waals surface area contributed by atoms with Crippen LogP contribution in [-0.2, 0) is 19.6 Å². The van der Waals surface area contributed by atoms with Crippen molar-refractivity contribution < 1.29 is 9.50 Å². The number of nitrogens with zero attached hydrogens (tertiary/aromatic N) is 1. The van der Waals surface area contributed by atoms with Gasteiger partial charge in [0.05, 0.1) is 13.2 Å². The van der Waals surface area contributed by atoms with Crippen molar-refractivity contribution in [3.05, 3.63) is 71.0 Å². The molecular formula is C19H25FIN3O. The molecule has 2 aromatic carbocycles. The smallest absolute Gasteiger partial charge is 0.191 e. The lowest BCUT2D eigenvalue weighted by Gasteiger charge is -2.12. The summed E-state index contributed by atoms with van der Waals surface area (Å²) < 4.78 is 13.6. The minimum Gasteiger partial charge on any atom is -0.392 e. The second kappa shape index (κ2) is 11.8. The molecule has 0 amide bonds. The first-order valence-corrected chi connectivity index (χ1v) is 8.17. The van der Waals surface area contributed by atoms with E-state index in [-0.39, 0.29) is 36.4 Å². The molecule has 0 aliphatic rings. The standard InChI is InChI=1S/C19H24FN3O.HI/c1-2-21-19(22-12-11-15-7-5-6-10-18(15)20)23-13-16-8-3-4-9-17(16)14-24;/h3-10,24H,2,11-14H2,1H3,(H2,21,22,23);1H. The molecular weight excluding hydrogens is 432 g/mol. The van der Waals surface area contributed by atoms with Gasteiger partial charge in [-0.05, 0) is 36.1 Å². The highest BCUT2D eigenvalue weighted by atomic mass is 127. The van der Waals surface area contributed by atoms with Crippen molar-refractivity contribution in [2.45, 2.75) is 26.5 Å². The van der Waals surface area contributed by atoms with Crippen LogP contribution in [0.3, 0.4) is 0 Å². The number of halogens is 2. The van der Waals surface area contributed by atoms with Crippen LogP contribution in [-0.4, -0.2) is 24.2 Å². The lowest BCUT2D eigenvalue weighted by Crippen LogP contribution is -2.38. The molecule has 0 spiro atoms. The summed E-state index contributed by atoms with van der Waals surface area (Å²) in [5.74, 6) is 0.500. The van der Waals surface area contributed by atoms with Crippen molar-refractivity contribution in [1.82, 2.24) is 10.6 Å². The number of aliphatic imine (C=N–C) groups is 1. The molecule has 0 radical (unpaired) electrons. The largest absolute Gasteiger partial charge is 0.392 e. The summed E-state index contributed by atoms with van der Waals surface area (Å²) in [6.07, 6.45) is 0.588. The summed E-state index contributed by atoms with van der Waals surface area (Å²) >= 11 is 0. The zero-order valence-corrected chi connectivity index (χ0v) is 16.7. The fraction of sp³-hybridized carbons (Fsp3) is 0.316. The number of hydrogen-bond acceptors (Lipinski definition) is 2. The highest BCUT2D eigenvalue weighted by molar-refractivity contribution is 14.0. The molecule has 3 N–H and O–H groups in total. The SMILES string of the molecule is CCNC(=NCc1ccccc1CO)NCCc1ccccc1F.I. The van der Waals surface area contributed by atoms with Gasteiger partial charge < -0.3 is 15.7 Å². The van der Waals surface area contributed by atoms with Crippen molar-refractivity contribution >= 4 is 29.9 Å². The van der Waals surface area contributed by atoms with E-state index in [1.165, 1.54) is 6.07 Å². The summed E-state index contributed by atoms with van der Waals surface area (Å²) in [5, 5.41) is 15.8. The Hall–Kier alpha value is -1.67. The molecule has 2 rings (SSSR count). The zero-order chi connectivity index (χ0) is 17.2. The van der Waals surface area contributed by atoms with Crippen LogP contribution >= 0.6 is 24.0 Å². The second-order valence-electron chi connectivity index (χ2n) is 5.39. The van der Waals surface area contributed by atoms with Crippen LogP contribution in [0.4, 0.5) is 4.39 Å². The quantitative estimate of drug-likeness (QED) is 0.340. The van der Waals surface area contributed by atoms with Gasteiger partial charge in [-0.1, -0.05) is 42.5 Å². The topological polar surface area (TPSA) is 56.7 Å². The van der Waals surface area contributed by atoms with Crippen LogP contribution in [0.5, 0.6) is 0 Å².